The Morgan fingerprint density at radius 2 is 1.81 bits per heavy atom. The van der Waals surface area contributed by atoms with Crippen LogP contribution in [0.5, 0.6) is 5.75 Å². The van der Waals surface area contributed by atoms with Crippen LogP contribution in [0, 0.1) is 0 Å². The lowest BCUT2D eigenvalue weighted by atomic mass is 10.1. The van der Waals surface area contributed by atoms with E-state index in [2.05, 4.69) is 10.4 Å². The van der Waals surface area contributed by atoms with Crippen LogP contribution in [-0.2, 0) is 0 Å². The van der Waals surface area contributed by atoms with Crippen LogP contribution in [0.25, 0.3) is 10.9 Å². The fourth-order valence-corrected chi connectivity index (χ4v) is 3.40. The normalized spacial score (nSPS) is 10.8. The zero-order valence-electron chi connectivity index (χ0n) is 16.8. The van der Waals surface area contributed by atoms with Gasteiger partial charge < -0.3 is 15.3 Å². The molecule has 8 heteroatoms. The number of rotatable bonds is 4. The van der Waals surface area contributed by atoms with Crippen molar-refractivity contribution in [2.24, 2.45) is 0 Å². The lowest BCUT2D eigenvalue weighted by molar-refractivity contribution is 0.0949. The molecule has 0 radical (unpaired) electrons. The minimum absolute atomic E-state index is 0.0500. The summed E-state index contributed by atoms with van der Waals surface area (Å²) in [7, 11) is 3.85. The minimum Gasteiger partial charge on any atom is -0.507 e. The highest BCUT2D eigenvalue weighted by Gasteiger charge is 2.17. The van der Waals surface area contributed by atoms with Crippen molar-refractivity contribution in [2.75, 3.05) is 24.3 Å². The molecule has 0 saturated heterocycles. The van der Waals surface area contributed by atoms with Crippen molar-refractivity contribution in [1.29, 1.82) is 0 Å². The maximum atomic E-state index is 13.0. The molecule has 0 aliphatic heterocycles. The van der Waals surface area contributed by atoms with E-state index in [0.29, 0.717) is 27.2 Å². The predicted molar refractivity (Wildman–Crippen MR) is 121 cm³/mol. The number of nitrogens with zero attached hydrogens (tertiary/aromatic N) is 3. The number of anilines is 2. The third-order valence-corrected chi connectivity index (χ3v) is 5.12. The molecule has 1 heterocycles. The highest BCUT2D eigenvalue weighted by molar-refractivity contribution is 6.31. The van der Waals surface area contributed by atoms with E-state index in [9.17, 15) is 14.7 Å². The van der Waals surface area contributed by atoms with Crippen molar-refractivity contribution >= 4 is 45.7 Å². The number of carbonyl (C=O) groups excluding carboxylic acids is 2. The number of hydrogen-bond donors (Lipinski definition) is 2. The van der Waals surface area contributed by atoms with E-state index in [4.69, 9.17) is 11.6 Å². The zero-order chi connectivity index (χ0) is 22.1. The standard InChI is InChI=1S/C23H19ClN4O3/c1-27(2)16-9-6-14(7-10-16)23(31)28-20-5-3-4-19(18(20)13-25-28)26-22(30)17-12-15(24)8-11-21(17)29/h3-13,29H,1-2H3,(H,26,30). The predicted octanol–water partition coefficient (Wildman–Crippen LogP) is 4.40. The molecule has 156 valence electrons. The summed E-state index contributed by atoms with van der Waals surface area (Å²) in [4.78, 5) is 27.6. The molecule has 31 heavy (non-hydrogen) atoms. The fourth-order valence-electron chi connectivity index (χ4n) is 3.23. The molecule has 0 fully saturated rings. The van der Waals surface area contributed by atoms with Crippen molar-refractivity contribution in [3.05, 3.63) is 83.0 Å². The maximum Gasteiger partial charge on any atom is 0.278 e. The van der Waals surface area contributed by atoms with Gasteiger partial charge in [-0.2, -0.15) is 9.78 Å². The number of phenolic OH excluding ortho intramolecular Hbond substituents is 1. The van der Waals surface area contributed by atoms with Crippen LogP contribution in [-0.4, -0.2) is 40.8 Å². The van der Waals surface area contributed by atoms with Gasteiger partial charge in [0.25, 0.3) is 11.8 Å². The van der Waals surface area contributed by atoms with Gasteiger partial charge in [0, 0.05) is 35.8 Å². The summed E-state index contributed by atoms with van der Waals surface area (Å²) in [6.07, 6.45) is 1.52. The van der Waals surface area contributed by atoms with Gasteiger partial charge in [0.05, 0.1) is 23.0 Å². The second-order valence-corrected chi connectivity index (χ2v) is 7.59. The lowest BCUT2D eigenvalue weighted by Gasteiger charge is -2.12. The number of amides is 1. The number of aromatic nitrogens is 2. The highest BCUT2D eigenvalue weighted by atomic mass is 35.5. The van der Waals surface area contributed by atoms with Crippen molar-refractivity contribution < 1.29 is 14.7 Å². The Hall–Kier alpha value is -3.84. The van der Waals surface area contributed by atoms with Crippen molar-refractivity contribution in [2.45, 2.75) is 0 Å². The number of carbonyl (C=O) groups is 2. The summed E-state index contributed by atoms with van der Waals surface area (Å²) >= 11 is 5.94. The Labute approximate surface area is 183 Å². The van der Waals surface area contributed by atoms with Crippen molar-refractivity contribution in [3.8, 4) is 5.75 Å². The van der Waals surface area contributed by atoms with Gasteiger partial charge in [0.2, 0.25) is 0 Å². The first-order valence-electron chi connectivity index (χ1n) is 9.44. The molecule has 1 aromatic heterocycles. The average Bonchev–Trinajstić information content (AvgIpc) is 3.20. The number of benzene rings is 3. The molecular weight excluding hydrogens is 416 g/mol. The molecule has 4 rings (SSSR count). The summed E-state index contributed by atoms with van der Waals surface area (Å²) in [5.74, 6) is -0.983. The van der Waals surface area contributed by atoms with Crippen LogP contribution in [0.3, 0.4) is 0 Å². The summed E-state index contributed by atoms with van der Waals surface area (Å²) in [6.45, 7) is 0. The Morgan fingerprint density at radius 3 is 2.52 bits per heavy atom. The average molecular weight is 435 g/mol. The molecule has 0 saturated carbocycles. The Morgan fingerprint density at radius 1 is 1.06 bits per heavy atom. The molecule has 1 amide bonds. The van der Waals surface area contributed by atoms with Gasteiger partial charge in [-0.1, -0.05) is 17.7 Å². The van der Waals surface area contributed by atoms with Gasteiger partial charge in [-0.05, 0) is 54.6 Å². The summed E-state index contributed by atoms with van der Waals surface area (Å²) in [6, 6.07) is 16.6. The number of halogens is 1. The second-order valence-electron chi connectivity index (χ2n) is 7.16. The molecule has 3 aromatic carbocycles. The quantitative estimate of drug-likeness (QED) is 0.497. The van der Waals surface area contributed by atoms with Gasteiger partial charge in [-0.25, -0.2) is 0 Å². The monoisotopic (exact) mass is 434 g/mol. The van der Waals surface area contributed by atoms with Crippen LogP contribution in [0.1, 0.15) is 20.7 Å². The first kappa shape index (κ1) is 20.4. The largest absolute Gasteiger partial charge is 0.507 e. The van der Waals surface area contributed by atoms with Crippen molar-refractivity contribution in [1.82, 2.24) is 9.78 Å². The lowest BCUT2D eigenvalue weighted by Crippen LogP contribution is -2.14. The minimum atomic E-state index is -0.522. The van der Waals surface area contributed by atoms with E-state index in [1.165, 1.54) is 29.1 Å². The Balaban J connectivity index is 1.66. The first-order valence-corrected chi connectivity index (χ1v) is 9.81. The molecule has 2 N–H and O–H groups in total. The van der Waals surface area contributed by atoms with E-state index in [0.717, 1.165) is 5.69 Å². The number of nitrogens with one attached hydrogen (secondary N) is 1. The fraction of sp³-hybridized carbons (Fsp3) is 0.0870. The summed E-state index contributed by atoms with van der Waals surface area (Å²) in [5.41, 5.74) is 2.54. The van der Waals surface area contributed by atoms with E-state index >= 15 is 0 Å². The van der Waals surface area contributed by atoms with E-state index < -0.39 is 5.91 Å². The zero-order valence-corrected chi connectivity index (χ0v) is 17.6. The summed E-state index contributed by atoms with van der Waals surface area (Å²) < 4.78 is 1.30. The van der Waals surface area contributed by atoms with E-state index in [1.807, 2.05) is 31.1 Å². The van der Waals surface area contributed by atoms with E-state index in [-0.39, 0.29) is 17.2 Å². The molecule has 7 nitrogen and oxygen atoms in total. The molecule has 0 aliphatic rings. The highest BCUT2D eigenvalue weighted by Crippen LogP contribution is 2.27. The third-order valence-electron chi connectivity index (χ3n) is 4.89. The molecular formula is C23H19ClN4O3. The number of fused-ring (bicyclic) bond motifs is 1. The van der Waals surface area contributed by atoms with Crippen LogP contribution >= 0.6 is 11.6 Å². The molecule has 4 aromatic rings. The molecule has 0 unspecified atom stereocenters. The van der Waals surface area contributed by atoms with Gasteiger partial charge in [-0.3, -0.25) is 9.59 Å². The van der Waals surface area contributed by atoms with Gasteiger partial charge in [0.15, 0.2) is 0 Å². The SMILES string of the molecule is CN(C)c1ccc(C(=O)n2ncc3c(NC(=O)c4cc(Cl)ccc4O)cccc32)cc1. The number of phenols is 1. The summed E-state index contributed by atoms with van der Waals surface area (Å²) in [5, 5.41) is 17.9. The third kappa shape index (κ3) is 3.95. The Kier molecular flexibility index (Phi) is 5.35. The first-order chi connectivity index (χ1) is 14.8. The Bertz CT molecular complexity index is 1300. The van der Waals surface area contributed by atoms with Crippen molar-refractivity contribution in [3.63, 3.8) is 0 Å². The van der Waals surface area contributed by atoms with Gasteiger partial charge in [-0.15, -0.1) is 0 Å². The topological polar surface area (TPSA) is 87.5 Å². The maximum absolute atomic E-state index is 13.0. The van der Waals surface area contributed by atoms with Crippen LogP contribution in [0.4, 0.5) is 11.4 Å². The van der Waals surface area contributed by atoms with Gasteiger partial charge in [0.1, 0.15) is 5.75 Å². The molecule has 0 aliphatic carbocycles. The molecule has 0 spiro atoms. The van der Waals surface area contributed by atoms with Crippen LogP contribution in [0.2, 0.25) is 5.02 Å². The molecule has 0 atom stereocenters. The van der Waals surface area contributed by atoms with E-state index in [1.54, 1.807) is 30.3 Å². The van der Waals surface area contributed by atoms with Gasteiger partial charge >= 0.3 is 0 Å². The molecule has 0 bridgehead atoms. The smallest absolute Gasteiger partial charge is 0.278 e. The van der Waals surface area contributed by atoms with Crippen LogP contribution < -0.4 is 10.2 Å². The number of aromatic hydroxyl groups is 1. The second kappa shape index (κ2) is 8.12. The van der Waals surface area contributed by atoms with Crippen LogP contribution in [0.15, 0.2) is 66.9 Å². The number of hydrogen-bond acceptors (Lipinski definition) is 5.